The largest absolute Gasteiger partial charge is 0.370 e. The first-order valence-corrected chi connectivity index (χ1v) is 5.13. The number of benzene rings is 1. The number of aliphatic imine (C=N–C) groups is 2. The minimum Gasteiger partial charge on any atom is -0.370 e. The standard InChI is InChI=1S/C11H16FN5.ClH/c1-7-6-9(12)3-2-8(7)4-5-16-11(15)17-10(13)14;/h2-3,6H,4-5H2,1H3,(H6,13,14,15,16,17);1H. The minimum atomic E-state index is -0.241. The molecule has 7 heteroatoms. The molecule has 0 saturated heterocycles. The molecule has 0 fully saturated rings. The molecule has 5 nitrogen and oxygen atoms in total. The Morgan fingerprint density at radius 1 is 1.28 bits per heavy atom. The third-order valence-electron chi connectivity index (χ3n) is 2.20. The fourth-order valence-corrected chi connectivity index (χ4v) is 1.40. The van der Waals surface area contributed by atoms with Crippen molar-refractivity contribution in [2.24, 2.45) is 27.2 Å². The van der Waals surface area contributed by atoms with E-state index in [-0.39, 0.29) is 30.1 Å². The van der Waals surface area contributed by atoms with E-state index in [0.717, 1.165) is 11.1 Å². The average molecular weight is 274 g/mol. The van der Waals surface area contributed by atoms with E-state index >= 15 is 0 Å². The Morgan fingerprint density at radius 2 is 1.94 bits per heavy atom. The van der Waals surface area contributed by atoms with Gasteiger partial charge in [-0.1, -0.05) is 6.07 Å². The van der Waals surface area contributed by atoms with Crippen LogP contribution in [0.2, 0.25) is 0 Å². The van der Waals surface area contributed by atoms with E-state index in [2.05, 4.69) is 9.98 Å². The van der Waals surface area contributed by atoms with E-state index in [9.17, 15) is 4.39 Å². The van der Waals surface area contributed by atoms with Crippen molar-refractivity contribution in [3.8, 4) is 0 Å². The van der Waals surface area contributed by atoms with Crippen LogP contribution in [0.5, 0.6) is 0 Å². The molecule has 6 N–H and O–H groups in total. The summed E-state index contributed by atoms with van der Waals surface area (Å²) >= 11 is 0. The molecule has 0 aromatic heterocycles. The van der Waals surface area contributed by atoms with E-state index in [1.165, 1.54) is 12.1 Å². The van der Waals surface area contributed by atoms with Gasteiger partial charge in [-0.25, -0.2) is 4.39 Å². The molecular formula is C11H17ClFN5. The number of guanidine groups is 2. The van der Waals surface area contributed by atoms with Crippen molar-refractivity contribution in [3.63, 3.8) is 0 Å². The van der Waals surface area contributed by atoms with Gasteiger partial charge in [0.15, 0.2) is 5.96 Å². The molecule has 0 heterocycles. The number of halogens is 2. The molecule has 0 amide bonds. The van der Waals surface area contributed by atoms with Gasteiger partial charge in [-0.05, 0) is 36.6 Å². The van der Waals surface area contributed by atoms with Crippen molar-refractivity contribution in [3.05, 3.63) is 35.1 Å². The lowest BCUT2D eigenvalue weighted by atomic mass is 10.1. The van der Waals surface area contributed by atoms with Crippen LogP contribution < -0.4 is 17.2 Å². The molecule has 0 bridgehead atoms. The smallest absolute Gasteiger partial charge is 0.218 e. The normalized spacial score (nSPS) is 10.7. The van der Waals surface area contributed by atoms with Crippen molar-refractivity contribution in [1.29, 1.82) is 0 Å². The topological polar surface area (TPSA) is 103 Å². The van der Waals surface area contributed by atoms with Crippen molar-refractivity contribution >= 4 is 24.3 Å². The zero-order chi connectivity index (χ0) is 12.8. The molecule has 0 saturated carbocycles. The fourth-order valence-electron chi connectivity index (χ4n) is 1.40. The maximum Gasteiger partial charge on any atom is 0.218 e. The average Bonchev–Trinajstić information content (AvgIpc) is 2.20. The van der Waals surface area contributed by atoms with Crippen LogP contribution in [0.25, 0.3) is 0 Å². The second kappa shape index (κ2) is 7.50. The van der Waals surface area contributed by atoms with Gasteiger partial charge in [0.25, 0.3) is 0 Å². The third kappa shape index (κ3) is 5.49. The summed E-state index contributed by atoms with van der Waals surface area (Å²) in [7, 11) is 0. The second-order valence-corrected chi connectivity index (χ2v) is 3.60. The highest BCUT2D eigenvalue weighted by atomic mass is 35.5. The van der Waals surface area contributed by atoms with Crippen LogP contribution in [0.4, 0.5) is 4.39 Å². The van der Waals surface area contributed by atoms with Gasteiger partial charge in [-0.3, -0.25) is 4.99 Å². The molecule has 0 atom stereocenters. The summed E-state index contributed by atoms with van der Waals surface area (Å²) < 4.78 is 12.8. The quantitative estimate of drug-likeness (QED) is 0.557. The predicted molar refractivity (Wildman–Crippen MR) is 74.4 cm³/mol. The highest BCUT2D eigenvalue weighted by Gasteiger charge is 1.99. The van der Waals surface area contributed by atoms with Gasteiger partial charge in [-0.15, -0.1) is 12.4 Å². The maximum atomic E-state index is 12.8. The summed E-state index contributed by atoms with van der Waals surface area (Å²) in [4.78, 5) is 7.56. The molecule has 1 aromatic rings. The summed E-state index contributed by atoms with van der Waals surface area (Å²) in [5.41, 5.74) is 17.6. The number of hydrogen-bond donors (Lipinski definition) is 3. The van der Waals surface area contributed by atoms with Gasteiger partial charge in [0.2, 0.25) is 5.96 Å². The Kier molecular flexibility index (Phi) is 6.74. The van der Waals surface area contributed by atoms with Crippen molar-refractivity contribution in [2.75, 3.05) is 6.54 Å². The van der Waals surface area contributed by atoms with Gasteiger partial charge in [-0.2, -0.15) is 4.99 Å². The molecule has 0 spiro atoms. The number of aryl methyl sites for hydroxylation is 1. The lowest BCUT2D eigenvalue weighted by Gasteiger charge is -2.03. The van der Waals surface area contributed by atoms with Gasteiger partial charge >= 0.3 is 0 Å². The van der Waals surface area contributed by atoms with E-state index < -0.39 is 0 Å². The monoisotopic (exact) mass is 273 g/mol. The molecule has 0 aliphatic carbocycles. The lowest BCUT2D eigenvalue weighted by molar-refractivity contribution is 0.625. The molecule has 0 aliphatic rings. The van der Waals surface area contributed by atoms with Crippen molar-refractivity contribution in [2.45, 2.75) is 13.3 Å². The SMILES string of the molecule is Cc1cc(F)ccc1CCN=C(N)N=C(N)N.Cl. The molecule has 1 aromatic carbocycles. The van der Waals surface area contributed by atoms with Crippen LogP contribution in [0.3, 0.4) is 0 Å². The molecule has 1 rings (SSSR count). The van der Waals surface area contributed by atoms with Gasteiger partial charge in [0.1, 0.15) is 5.82 Å². The predicted octanol–water partition coefficient (Wildman–Crippen LogP) is 0.687. The van der Waals surface area contributed by atoms with E-state index in [1.807, 2.05) is 6.92 Å². The Labute approximate surface area is 111 Å². The summed E-state index contributed by atoms with van der Waals surface area (Å²) in [5, 5.41) is 0. The number of rotatable bonds is 3. The van der Waals surface area contributed by atoms with Crippen LogP contribution in [-0.4, -0.2) is 18.5 Å². The number of hydrogen-bond acceptors (Lipinski definition) is 1. The second-order valence-electron chi connectivity index (χ2n) is 3.60. The summed E-state index contributed by atoms with van der Waals surface area (Å²) in [6, 6.07) is 4.64. The Morgan fingerprint density at radius 3 is 2.50 bits per heavy atom. The Bertz CT molecular complexity index is 455. The highest BCUT2D eigenvalue weighted by molar-refractivity contribution is 5.92. The van der Waals surface area contributed by atoms with Crippen LogP contribution in [0.1, 0.15) is 11.1 Å². The first kappa shape index (κ1) is 16.2. The summed E-state index contributed by atoms with van der Waals surface area (Å²) in [6.07, 6.45) is 0.660. The number of nitrogens with zero attached hydrogens (tertiary/aromatic N) is 2. The van der Waals surface area contributed by atoms with Gasteiger partial charge < -0.3 is 17.2 Å². The van der Waals surface area contributed by atoms with E-state index in [0.29, 0.717) is 13.0 Å². The first-order valence-electron chi connectivity index (χ1n) is 5.13. The van der Waals surface area contributed by atoms with E-state index in [1.54, 1.807) is 6.07 Å². The minimum absolute atomic E-state index is 0. The molecule has 100 valence electrons. The highest BCUT2D eigenvalue weighted by Crippen LogP contribution is 2.10. The summed E-state index contributed by atoms with van der Waals surface area (Å²) in [5.74, 6) is -0.316. The maximum absolute atomic E-state index is 12.8. The molecule has 18 heavy (non-hydrogen) atoms. The van der Waals surface area contributed by atoms with Crippen LogP contribution in [-0.2, 0) is 6.42 Å². The Balaban J connectivity index is 0.00000289. The van der Waals surface area contributed by atoms with E-state index in [4.69, 9.17) is 17.2 Å². The van der Waals surface area contributed by atoms with Gasteiger partial charge in [0, 0.05) is 6.54 Å². The lowest BCUT2D eigenvalue weighted by Crippen LogP contribution is -2.26. The van der Waals surface area contributed by atoms with Crippen LogP contribution >= 0.6 is 12.4 Å². The number of nitrogens with two attached hydrogens (primary N) is 3. The Hall–Kier alpha value is -1.82. The first-order chi connectivity index (χ1) is 7.99. The van der Waals surface area contributed by atoms with Gasteiger partial charge in [0.05, 0.1) is 0 Å². The summed E-state index contributed by atoms with van der Waals surface area (Å²) in [6.45, 7) is 2.30. The third-order valence-corrected chi connectivity index (χ3v) is 2.20. The van der Waals surface area contributed by atoms with Crippen molar-refractivity contribution in [1.82, 2.24) is 0 Å². The molecule has 0 radical (unpaired) electrons. The fraction of sp³-hybridized carbons (Fsp3) is 0.273. The van der Waals surface area contributed by atoms with Crippen LogP contribution in [0.15, 0.2) is 28.2 Å². The zero-order valence-electron chi connectivity index (χ0n) is 10.1. The molecular weight excluding hydrogens is 257 g/mol. The molecule has 0 aliphatic heterocycles. The zero-order valence-corrected chi connectivity index (χ0v) is 10.9. The van der Waals surface area contributed by atoms with Crippen LogP contribution in [0, 0.1) is 12.7 Å². The molecule has 0 unspecified atom stereocenters. The van der Waals surface area contributed by atoms with Crippen molar-refractivity contribution < 1.29 is 4.39 Å².